The van der Waals surface area contributed by atoms with Crippen LogP contribution < -0.4 is 5.32 Å². The summed E-state index contributed by atoms with van der Waals surface area (Å²) in [6.07, 6.45) is 0.411. The minimum atomic E-state index is -0.466. The van der Waals surface area contributed by atoms with Gasteiger partial charge in [-0.05, 0) is 18.6 Å². The second-order valence-electron chi connectivity index (χ2n) is 5.34. The Balaban J connectivity index is 1.41. The summed E-state index contributed by atoms with van der Waals surface area (Å²) in [5, 5.41) is 10.1. The van der Waals surface area contributed by atoms with Gasteiger partial charge in [0.15, 0.2) is 6.61 Å². The predicted octanol–water partition coefficient (Wildman–Crippen LogP) is 1.11. The van der Waals surface area contributed by atoms with Crippen LogP contribution in [0.25, 0.3) is 11.5 Å². The molecule has 9 nitrogen and oxygen atoms in total. The van der Waals surface area contributed by atoms with Crippen molar-refractivity contribution < 1.29 is 23.5 Å². The Labute approximate surface area is 143 Å². The first-order valence-corrected chi connectivity index (χ1v) is 7.75. The molecule has 25 heavy (non-hydrogen) atoms. The predicted molar refractivity (Wildman–Crippen MR) is 83.9 cm³/mol. The lowest BCUT2D eigenvalue weighted by atomic mass is 10.2. The second-order valence-corrected chi connectivity index (χ2v) is 5.34. The quantitative estimate of drug-likeness (QED) is 0.591. The van der Waals surface area contributed by atoms with Crippen molar-refractivity contribution in [2.75, 3.05) is 13.1 Å². The maximum atomic E-state index is 11.7. The number of imide groups is 1. The van der Waals surface area contributed by atoms with Crippen LogP contribution in [0.3, 0.4) is 0 Å². The number of ether oxygens (including phenoxy) is 1. The number of aromatic nitrogens is 2. The fourth-order valence-corrected chi connectivity index (χ4v) is 2.29. The van der Waals surface area contributed by atoms with Crippen LogP contribution in [0.1, 0.15) is 18.7 Å². The highest BCUT2D eigenvalue weighted by Crippen LogP contribution is 2.17. The SMILES string of the molecule is O=C(CCCN1C(=O)CNC1=O)OCc1nnc(-c2ccccc2)o1. The van der Waals surface area contributed by atoms with Gasteiger partial charge in [-0.25, -0.2) is 4.79 Å². The van der Waals surface area contributed by atoms with E-state index in [0.717, 1.165) is 10.5 Å². The molecule has 0 unspecified atom stereocenters. The number of hydrogen-bond acceptors (Lipinski definition) is 7. The fourth-order valence-electron chi connectivity index (χ4n) is 2.29. The molecular weight excluding hydrogens is 328 g/mol. The molecule has 0 radical (unpaired) electrons. The lowest BCUT2D eigenvalue weighted by Gasteiger charge is -2.11. The molecular formula is C16H16N4O5. The molecule has 0 spiro atoms. The molecule has 1 N–H and O–H groups in total. The van der Waals surface area contributed by atoms with Crippen LogP contribution in [-0.4, -0.2) is 46.1 Å². The summed E-state index contributed by atoms with van der Waals surface area (Å²) in [5.41, 5.74) is 0.779. The van der Waals surface area contributed by atoms with Gasteiger partial charge < -0.3 is 14.5 Å². The molecule has 0 bridgehead atoms. The standard InChI is InChI=1S/C16H16N4O5/c21-13-9-17-16(23)20(13)8-4-7-14(22)24-10-12-18-19-15(25-12)11-5-2-1-3-6-11/h1-3,5-6H,4,7-10H2,(H,17,23). The van der Waals surface area contributed by atoms with E-state index in [2.05, 4.69) is 15.5 Å². The van der Waals surface area contributed by atoms with Crippen molar-refractivity contribution in [3.63, 3.8) is 0 Å². The van der Waals surface area contributed by atoms with Crippen LogP contribution >= 0.6 is 0 Å². The molecule has 0 aliphatic carbocycles. The highest BCUT2D eigenvalue weighted by atomic mass is 16.5. The maximum Gasteiger partial charge on any atom is 0.324 e. The molecule has 1 saturated heterocycles. The largest absolute Gasteiger partial charge is 0.456 e. The number of esters is 1. The van der Waals surface area contributed by atoms with Crippen molar-refractivity contribution in [2.45, 2.75) is 19.4 Å². The number of amides is 3. The fraction of sp³-hybridized carbons (Fsp3) is 0.312. The molecule has 1 aromatic heterocycles. The summed E-state index contributed by atoms with van der Waals surface area (Å²) in [7, 11) is 0. The molecule has 2 heterocycles. The zero-order valence-electron chi connectivity index (χ0n) is 13.3. The average molecular weight is 344 g/mol. The minimum absolute atomic E-state index is 0.00416. The van der Waals surface area contributed by atoms with Gasteiger partial charge in [-0.1, -0.05) is 18.2 Å². The zero-order chi connectivity index (χ0) is 17.6. The van der Waals surface area contributed by atoms with Gasteiger partial charge >= 0.3 is 12.0 Å². The molecule has 3 rings (SSSR count). The topological polar surface area (TPSA) is 115 Å². The number of carbonyl (C=O) groups excluding carboxylic acids is 3. The van der Waals surface area contributed by atoms with Gasteiger partial charge in [0.1, 0.15) is 0 Å². The van der Waals surface area contributed by atoms with Gasteiger partial charge in [-0.2, -0.15) is 0 Å². The minimum Gasteiger partial charge on any atom is -0.456 e. The Kier molecular flexibility index (Phi) is 5.03. The Morgan fingerprint density at radius 1 is 1.24 bits per heavy atom. The molecule has 1 aliphatic rings. The molecule has 2 aromatic rings. The Morgan fingerprint density at radius 3 is 2.76 bits per heavy atom. The number of urea groups is 1. The van der Waals surface area contributed by atoms with Gasteiger partial charge in [0, 0.05) is 18.5 Å². The Hall–Kier alpha value is -3.23. The third-order valence-electron chi connectivity index (χ3n) is 3.54. The first-order chi connectivity index (χ1) is 12.1. The van der Waals surface area contributed by atoms with Crippen molar-refractivity contribution in [3.8, 4) is 11.5 Å². The second kappa shape index (κ2) is 7.56. The number of nitrogens with one attached hydrogen (secondary N) is 1. The third kappa shape index (κ3) is 4.19. The number of benzene rings is 1. The summed E-state index contributed by atoms with van der Waals surface area (Å²) in [6.45, 7) is 0.0600. The first kappa shape index (κ1) is 16.6. The van der Waals surface area contributed by atoms with E-state index in [1.165, 1.54) is 0 Å². The highest BCUT2D eigenvalue weighted by molar-refractivity contribution is 6.01. The van der Waals surface area contributed by atoms with Gasteiger partial charge in [0.25, 0.3) is 5.89 Å². The van der Waals surface area contributed by atoms with E-state index in [1.807, 2.05) is 30.3 Å². The van der Waals surface area contributed by atoms with E-state index in [9.17, 15) is 14.4 Å². The van der Waals surface area contributed by atoms with Gasteiger partial charge in [-0.3, -0.25) is 14.5 Å². The van der Waals surface area contributed by atoms with Gasteiger partial charge in [0.2, 0.25) is 11.8 Å². The van der Waals surface area contributed by atoms with Crippen molar-refractivity contribution in [3.05, 3.63) is 36.2 Å². The Morgan fingerprint density at radius 2 is 2.04 bits per heavy atom. The normalized spacial score (nSPS) is 13.8. The van der Waals surface area contributed by atoms with E-state index in [-0.39, 0.29) is 37.9 Å². The number of rotatable bonds is 7. The maximum absolute atomic E-state index is 11.7. The van der Waals surface area contributed by atoms with E-state index in [4.69, 9.17) is 9.15 Å². The third-order valence-corrected chi connectivity index (χ3v) is 3.54. The lowest BCUT2D eigenvalue weighted by molar-refractivity contribution is -0.146. The Bertz CT molecular complexity index is 758. The first-order valence-electron chi connectivity index (χ1n) is 7.75. The monoisotopic (exact) mass is 344 g/mol. The van der Waals surface area contributed by atoms with Crippen molar-refractivity contribution in [1.82, 2.24) is 20.4 Å². The summed E-state index contributed by atoms with van der Waals surface area (Å²) in [4.78, 5) is 35.5. The summed E-state index contributed by atoms with van der Waals surface area (Å²) < 4.78 is 10.5. The lowest BCUT2D eigenvalue weighted by Crippen LogP contribution is -2.32. The van der Waals surface area contributed by atoms with Crippen LogP contribution in [0.15, 0.2) is 34.7 Å². The van der Waals surface area contributed by atoms with Crippen molar-refractivity contribution in [1.29, 1.82) is 0 Å². The number of nitrogens with zero attached hydrogens (tertiary/aromatic N) is 3. The zero-order valence-corrected chi connectivity index (χ0v) is 13.3. The molecule has 0 atom stereocenters. The number of carbonyl (C=O) groups is 3. The van der Waals surface area contributed by atoms with Gasteiger partial charge in [-0.15, -0.1) is 10.2 Å². The molecule has 1 aromatic carbocycles. The van der Waals surface area contributed by atoms with Crippen LogP contribution in [0.5, 0.6) is 0 Å². The van der Waals surface area contributed by atoms with Crippen molar-refractivity contribution >= 4 is 17.9 Å². The highest BCUT2D eigenvalue weighted by Gasteiger charge is 2.27. The average Bonchev–Trinajstić information content (AvgIpc) is 3.22. The molecule has 9 heteroatoms. The van der Waals surface area contributed by atoms with Crippen LogP contribution in [0.2, 0.25) is 0 Å². The summed E-state index contributed by atoms with van der Waals surface area (Å²) in [5.74, 6) is -0.212. The summed E-state index contributed by atoms with van der Waals surface area (Å²) >= 11 is 0. The molecule has 1 aliphatic heterocycles. The van der Waals surface area contributed by atoms with E-state index in [0.29, 0.717) is 12.3 Å². The molecule has 3 amide bonds. The van der Waals surface area contributed by atoms with Gasteiger partial charge in [0.05, 0.1) is 6.54 Å². The van der Waals surface area contributed by atoms with Crippen LogP contribution in [-0.2, 0) is 20.9 Å². The van der Waals surface area contributed by atoms with Crippen LogP contribution in [0, 0.1) is 0 Å². The van der Waals surface area contributed by atoms with Crippen LogP contribution in [0.4, 0.5) is 4.79 Å². The molecule has 1 fully saturated rings. The van der Waals surface area contributed by atoms with Crippen molar-refractivity contribution in [2.24, 2.45) is 0 Å². The molecule has 130 valence electrons. The van der Waals surface area contributed by atoms with E-state index < -0.39 is 12.0 Å². The van der Waals surface area contributed by atoms with E-state index >= 15 is 0 Å². The smallest absolute Gasteiger partial charge is 0.324 e. The van der Waals surface area contributed by atoms with E-state index in [1.54, 1.807) is 0 Å². The molecule has 0 saturated carbocycles. The number of hydrogen-bond donors (Lipinski definition) is 1. The summed E-state index contributed by atoms with van der Waals surface area (Å²) in [6, 6.07) is 8.81.